The van der Waals surface area contributed by atoms with Gasteiger partial charge in [-0.25, -0.2) is 9.67 Å². The lowest BCUT2D eigenvalue weighted by Crippen LogP contribution is -2.33. The molecule has 0 aliphatic heterocycles. The Morgan fingerprint density at radius 3 is 2.92 bits per heavy atom. The number of fused-ring (bicyclic) bond motifs is 1. The molecule has 0 unspecified atom stereocenters. The van der Waals surface area contributed by atoms with Gasteiger partial charge < -0.3 is 10.3 Å². The molecule has 24 heavy (non-hydrogen) atoms. The molecule has 1 aromatic carbocycles. The summed E-state index contributed by atoms with van der Waals surface area (Å²) >= 11 is 0. The Morgan fingerprint density at radius 2 is 2.21 bits per heavy atom. The third-order valence-corrected chi connectivity index (χ3v) is 4.19. The van der Waals surface area contributed by atoms with Gasteiger partial charge in [0.1, 0.15) is 12.2 Å². The van der Waals surface area contributed by atoms with Crippen LogP contribution >= 0.6 is 0 Å². The van der Waals surface area contributed by atoms with E-state index in [-0.39, 0.29) is 17.9 Å². The van der Waals surface area contributed by atoms with Crippen molar-refractivity contribution in [3.63, 3.8) is 0 Å². The summed E-state index contributed by atoms with van der Waals surface area (Å²) in [5.41, 5.74) is 1.88. The van der Waals surface area contributed by atoms with Crippen molar-refractivity contribution in [3.05, 3.63) is 36.4 Å². The van der Waals surface area contributed by atoms with E-state index in [1.165, 1.54) is 6.33 Å². The van der Waals surface area contributed by atoms with Crippen LogP contribution in [0.1, 0.15) is 38.6 Å². The maximum Gasteiger partial charge on any atom is 0.222 e. The predicted molar refractivity (Wildman–Crippen MR) is 88.9 cm³/mol. The van der Waals surface area contributed by atoms with Crippen molar-refractivity contribution in [1.82, 2.24) is 35.5 Å². The van der Waals surface area contributed by atoms with E-state index in [2.05, 4.69) is 44.7 Å². The molecule has 2 atom stereocenters. The highest BCUT2D eigenvalue weighted by Gasteiger charge is 2.23. The van der Waals surface area contributed by atoms with E-state index in [0.29, 0.717) is 13.0 Å². The van der Waals surface area contributed by atoms with Crippen molar-refractivity contribution in [1.29, 1.82) is 0 Å². The summed E-state index contributed by atoms with van der Waals surface area (Å²) in [6.07, 6.45) is 2.76. The minimum Gasteiger partial charge on any atom is -0.346 e. The first-order valence-electron chi connectivity index (χ1n) is 8.12. The van der Waals surface area contributed by atoms with Crippen molar-refractivity contribution < 1.29 is 4.79 Å². The molecule has 2 heterocycles. The molecule has 0 spiro atoms. The zero-order chi connectivity index (χ0) is 16.9. The topological polar surface area (TPSA) is 101 Å². The number of aryl methyl sites for hydroxylation is 1. The third kappa shape index (κ3) is 3.58. The van der Waals surface area contributed by atoms with E-state index < -0.39 is 0 Å². The number of nitrogens with one attached hydrogen (secondary N) is 2. The molecule has 3 aromatic rings. The third-order valence-electron chi connectivity index (χ3n) is 4.19. The number of imidazole rings is 1. The molecule has 3 rings (SSSR count). The van der Waals surface area contributed by atoms with Crippen LogP contribution in [-0.4, -0.2) is 36.1 Å². The summed E-state index contributed by atoms with van der Waals surface area (Å²) in [5, 5.41) is 14.0. The zero-order valence-corrected chi connectivity index (χ0v) is 13.8. The Bertz CT molecular complexity index is 763. The SMILES string of the molecule is CC[C@@H](C)[C@@H](NC(=O)CCn1cnnn1)c1nc2ccccc2[nH]1. The number of amides is 1. The molecule has 0 aliphatic carbocycles. The molecule has 1 amide bonds. The van der Waals surface area contributed by atoms with Crippen molar-refractivity contribution in [3.8, 4) is 0 Å². The van der Waals surface area contributed by atoms with Crippen molar-refractivity contribution in [2.75, 3.05) is 0 Å². The van der Waals surface area contributed by atoms with Gasteiger partial charge in [-0.15, -0.1) is 5.10 Å². The van der Waals surface area contributed by atoms with E-state index in [4.69, 9.17) is 0 Å². The fourth-order valence-electron chi connectivity index (χ4n) is 2.58. The fourth-order valence-corrected chi connectivity index (χ4v) is 2.58. The first-order valence-corrected chi connectivity index (χ1v) is 8.12. The number of H-pyrrole nitrogens is 1. The van der Waals surface area contributed by atoms with Crippen LogP contribution in [0, 0.1) is 5.92 Å². The number of aromatic amines is 1. The van der Waals surface area contributed by atoms with Crippen LogP contribution in [0.25, 0.3) is 11.0 Å². The number of benzene rings is 1. The van der Waals surface area contributed by atoms with Gasteiger partial charge in [-0.3, -0.25) is 4.79 Å². The van der Waals surface area contributed by atoms with Crippen molar-refractivity contribution in [2.24, 2.45) is 5.92 Å². The van der Waals surface area contributed by atoms with Gasteiger partial charge in [0.15, 0.2) is 0 Å². The van der Waals surface area contributed by atoms with E-state index in [1.807, 2.05) is 24.3 Å². The number of aromatic nitrogens is 6. The Labute approximate surface area is 139 Å². The summed E-state index contributed by atoms with van der Waals surface area (Å²) in [7, 11) is 0. The number of carbonyl (C=O) groups is 1. The van der Waals surface area contributed by atoms with Crippen LogP contribution in [0.15, 0.2) is 30.6 Å². The molecule has 2 aromatic heterocycles. The minimum absolute atomic E-state index is 0.0451. The van der Waals surface area contributed by atoms with E-state index in [9.17, 15) is 4.79 Å². The highest BCUT2D eigenvalue weighted by atomic mass is 16.1. The lowest BCUT2D eigenvalue weighted by molar-refractivity contribution is -0.122. The Hall–Kier alpha value is -2.77. The van der Waals surface area contributed by atoms with Gasteiger partial charge in [-0.2, -0.15) is 0 Å². The number of hydrogen-bond donors (Lipinski definition) is 2. The van der Waals surface area contributed by atoms with E-state index >= 15 is 0 Å². The standard InChI is InChI=1S/C16H21N7O/c1-3-11(2)15(16-18-12-6-4-5-7-13(12)19-16)20-14(24)8-9-23-10-17-21-22-23/h4-7,10-11,15H,3,8-9H2,1-2H3,(H,18,19)(H,20,24)/t11-,15-/m1/s1. The lowest BCUT2D eigenvalue weighted by Gasteiger charge is -2.22. The van der Waals surface area contributed by atoms with Crippen LogP contribution in [0.5, 0.6) is 0 Å². The maximum absolute atomic E-state index is 12.3. The first kappa shape index (κ1) is 16.1. The maximum atomic E-state index is 12.3. The molecule has 0 fully saturated rings. The van der Waals surface area contributed by atoms with Crippen molar-refractivity contribution >= 4 is 16.9 Å². The zero-order valence-electron chi connectivity index (χ0n) is 13.8. The van der Waals surface area contributed by atoms with Gasteiger partial charge >= 0.3 is 0 Å². The van der Waals surface area contributed by atoms with Gasteiger partial charge in [0.25, 0.3) is 0 Å². The summed E-state index contributed by atoms with van der Waals surface area (Å²) in [6, 6.07) is 7.72. The van der Waals surface area contributed by atoms with Gasteiger partial charge in [-0.05, 0) is 28.5 Å². The molecule has 2 N–H and O–H groups in total. The number of para-hydroxylation sites is 2. The van der Waals surface area contributed by atoms with Crippen LogP contribution < -0.4 is 5.32 Å². The monoisotopic (exact) mass is 327 g/mol. The van der Waals surface area contributed by atoms with Crippen LogP contribution in [-0.2, 0) is 11.3 Å². The van der Waals surface area contributed by atoms with Gasteiger partial charge in [0.05, 0.1) is 23.6 Å². The molecular weight excluding hydrogens is 306 g/mol. The summed E-state index contributed by atoms with van der Waals surface area (Å²) in [6.45, 7) is 4.67. The second-order valence-electron chi connectivity index (χ2n) is 5.89. The summed E-state index contributed by atoms with van der Waals surface area (Å²) < 4.78 is 1.54. The number of rotatable bonds is 7. The molecule has 0 saturated carbocycles. The number of tetrazole rings is 1. The van der Waals surface area contributed by atoms with Gasteiger partial charge in [-0.1, -0.05) is 32.4 Å². The highest BCUT2D eigenvalue weighted by Crippen LogP contribution is 2.24. The molecular formula is C16H21N7O. The van der Waals surface area contributed by atoms with Gasteiger partial charge in [0.2, 0.25) is 5.91 Å². The van der Waals surface area contributed by atoms with Crippen LogP contribution in [0.2, 0.25) is 0 Å². The molecule has 8 nitrogen and oxygen atoms in total. The van der Waals surface area contributed by atoms with Gasteiger partial charge in [0, 0.05) is 6.42 Å². The number of nitrogens with zero attached hydrogens (tertiary/aromatic N) is 5. The Kier molecular flexibility index (Phi) is 4.83. The average Bonchev–Trinajstić information content (AvgIpc) is 3.26. The second-order valence-corrected chi connectivity index (χ2v) is 5.89. The largest absolute Gasteiger partial charge is 0.346 e. The van der Waals surface area contributed by atoms with Crippen LogP contribution in [0.3, 0.4) is 0 Å². The summed E-state index contributed by atoms with van der Waals surface area (Å²) in [5.74, 6) is 1.01. The fraction of sp³-hybridized carbons (Fsp3) is 0.438. The number of carbonyl (C=O) groups excluding carboxylic acids is 1. The quantitative estimate of drug-likeness (QED) is 0.689. The molecule has 8 heteroatoms. The molecule has 0 bridgehead atoms. The smallest absolute Gasteiger partial charge is 0.222 e. The first-order chi connectivity index (χ1) is 11.7. The molecule has 0 aliphatic rings. The van der Waals surface area contributed by atoms with Crippen molar-refractivity contribution in [2.45, 2.75) is 39.3 Å². The molecule has 126 valence electrons. The minimum atomic E-state index is -0.149. The van der Waals surface area contributed by atoms with Crippen LogP contribution in [0.4, 0.5) is 0 Å². The predicted octanol–water partition coefficient (Wildman–Crippen LogP) is 1.84. The highest BCUT2D eigenvalue weighted by molar-refractivity contribution is 5.77. The molecule has 0 radical (unpaired) electrons. The molecule has 0 saturated heterocycles. The number of hydrogen-bond acceptors (Lipinski definition) is 5. The van der Waals surface area contributed by atoms with E-state index in [1.54, 1.807) is 4.68 Å². The second kappa shape index (κ2) is 7.20. The Morgan fingerprint density at radius 1 is 1.38 bits per heavy atom. The normalized spacial score (nSPS) is 13.8. The van der Waals surface area contributed by atoms with E-state index in [0.717, 1.165) is 23.3 Å². The Balaban J connectivity index is 1.72. The lowest BCUT2D eigenvalue weighted by atomic mass is 9.98. The summed E-state index contributed by atoms with van der Waals surface area (Å²) in [4.78, 5) is 20.3. The average molecular weight is 327 g/mol.